The van der Waals surface area contributed by atoms with Crippen molar-refractivity contribution in [1.82, 2.24) is 0 Å². The van der Waals surface area contributed by atoms with Gasteiger partial charge in [-0.25, -0.2) is 0 Å². The summed E-state index contributed by atoms with van der Waals surface area (Å²) in [6, 6.07) is 27.0. The van der Waals surface area contributed by atoms with Crippen molar-refractivity contribution in [1.29, 1.82) is 0 Å². The van der Waals surface area contributed by atoms with Crippen molar-refractivity contribution in [3.05, 3.63) is 107 Å². The first kappa shape index (κ1) is 15.7. The summed E-state index contributed by atoms with van der Waals surface area (Å²) < 4.78 is 0. The minimum Gasteiger partial charge on any atom is -0.289 e. The lowest BCUT2D eigenvalue weighted by molar-refractivity contribution is 0.103. The zero-order valence-electron chi connectivity index (χ0n) is 13.0. The molecule has 0 aromatic heterocycles. The van der Waals surface area contributed by atoms with E-state index in [1.807, 2.05) is 60.7 Å². The van der Waals surface area contributed by atoms with Crippen LogP contribution in [-0.4, -0.2) is 5.78 Å². The maximum Gasteiger partial charge on any atom is 0.193 e. The van der Waals surface area contributed by atoms with Gasteiger partial charge in [0.25, 0.3) is 0 Å². The average molecular weight is 288 g/mol. The van der Waals surface area contributed by atoms with Gasteiger partial charge in [0.1, 0.15) is 0 Å². The number of hydrogen-bond donors (Lipinski definition) is 0. The molecule has 0 aliphatic carbocycles. The summed E-state index contributed by atoms with van der Waals surface area (Å²) in [5, 5.41) is 0. The highest BCUT2D eigenvalue weighted by atomic mass is 16.1. The van der Waals surface area contributed by atoms with Crippen molar-refractivity contribution in [3.63, 3.8) is 0 Å². The van der Waals surface area contributed by atoms with Gasteiger partial charge in [-0.1, -0.05) is 84.9 Å². The van der Waals surface area contributed by atoms with Crippen LogP contribution in [0.3, 0.4) is 0 Å². The van der Waals surface area contributed by atoms with Gasteiger partial charge in [-0.15, -0.1) is 0 Å². The third-order valence-corrected chi connectivity index (χ3v) is 3.50. The Hall–Kier alpha value is -2.67. The van der Waals surface area contributed by atoms with Gasteiger partial charge in [-0.05, 0) is 25.0 Å². The molecular formula is C21H20O. The van der Waals surface area contributed by atoms with Crippen LogP contribution in [0.15, 0.2) is 84.9 Å². The van der Waals surface area contributed by atoms with Gasteiger partial charge in [0.15, 0.2) is 5.78 Å². The van der Waals surface area contributed by atoms with Crippen LogP contribution >= 0.6 is 0 Å². The Morgan fingerprint density at radius 2 is 0.864 bits per heavy atom. The number of aryl methyl sites for hydroxylation is 2. The first-order valence-corrected chi connectivity index (χ1v) is 7.35. The molecule has 3 aromatic carbocycles. The second-order valence-corrected chi connectivity index (χ2v) is 5.15. The van der Waals surface area contributed by atoms with Crippen molar-refractivity contribution in [2.75, 3.05) is 0 Å². The summed E-state index contributed by atoms with van der Waals surface area (Å²) in [4.78, 5) is 11.8. The van der Waals surface area contributed by atoms with E-state index in [0.717, 1.165) is 11.1 Å². The SMILES string of the molecule is Cc1ccccc1C.O=C(c1ccccc1)c1ccccc1. The van der Waals surface area contributed by atoms with Gasteiger partial charge in [-0.3, -0.25) is 4.79 Å². The van der Waals surface area contributed by atoms with E-state index in [0.29, 0.717) is 0 Å². The second-order valence-electron chi connectivity index (χ2n) is 5.15. The van der Waals surface area contributed by atoms with Crippen LogP contribution in [0.4, 0.5) is 0 Å². The smallest absolute Gasteiger partial charge is 0.193 e. The topological polar surface area (TPSA) is 17.1 Å². The molecule has 0 spiro atoms. The molecular weight excluding hydrogens is 268 g/mol. The van der Waals surface area contributed by atoms with E-state index < -0.39 is 0 Å². The van der Waals surface area contributed by atoms with E-state index >= 15 is 0 Å². The third kappa shape index (κ3) is 4.42. The molecule has 3 rings (SSSR count). The summed E-state index contributed by atoms with van der Waals surface area (Å²) in [7, 11) is 0. The molecule has 110 valence electrons. The van der Waals surface area contributed by atoms with E-state index in [9.17, 15) is 4.79 Å². The summed E-state index contributed by atoms with van der Waals surface area (Å²) in [6.45, 7) is 4.24. The van der Waals surface area contributed by atoms with Crippen molar-refractivity contribution in [2.24, 2.45) is 0 Å². The number of carbonyl (C=O) groups is 1. The summed E-state index contributed by atoms with van der Waals surface area (Å²) in [5.41, 5.74) is 4.21. The molecule has 0 N–H and O–H groups in total. The highest BCUT2D eigenvalue weighted by molar-refractivity contribution is 6.08. The second kappa shape index (κ2) is 7.94. The lowest BCUT2D eigenvalue weighted by Gasteiger charge is -1.99. The van der Waals surface area contributed by atoms with E-state index in [2.05, 4.69) is 38.1 Å². The molecule has 3 aromatic rings. The summed E-state index contributed by atoms with van der Waals surface area (Å²) in [6.07, 6.45) is 0. The monoisotopic (exact) mass is 288 g/mol. The molecule has 0 radical (unpaired) electrons. The number of hydrogen-bond acceptors (Lipinski definition) is 1. The van der Waals surface area contributed by atoms with Gasteiger partial charge >= 0.3 is 0 Å². The largest absolute Gasteiger partial charge is 0.289 e. The predicted octanol–water partition coefficient (Wildman–Crippen LogP) is 5.22. The van der Waals surface area contributed by atoms with Crippen LogP contribution in [0.5, 0.6) is 0 Å². The number of carbonyl (C=O) groups excluding carboxylic acids is 1. The highest BCUT2D eigenvalue weighted by Gasteiger charge is 2.06. The molecule has 0 saturated heterocycles. The molecule has 1 heteroatoms. The fourth-order valence-electron chi connectivity index (χ4n) is 2.01. The Morgan fingerprint density at radius 1 is 0.545 bits per heavy atom. The quantitative estimate of drug-likeness (QED) is 0.591. The fraction of sp³-hybridized carbons (Fsp3) is 0.0952. The molecule has 0 bridgehead atoms. The van der Waals surface area contributed by atoms with Crippen molar-refractivity contribution in [2.45, 2.75) is 13.8 Å². The van der Waals surface area contributed by atoms with Crippen molar-refractivity contribution < 1.29 is 4.79 Å². The van der Waals surface area contributed by atoms with Crippen LogP contribution in [0.1, 0.15) is 27.0 Å². The van der Waals surface area contributed by atoms with E-state index in [1.165, 1.54) is 11.1 Å². The van der Waals surface area contributed by atoms with E-state index in [1.54, 1.807) is 0 Å². The molecule has 0 aliphatic rings. The lowest BCUT2D eigenvalue weighted by Crippen LogP contribution is -1.99. The zero-order valence-corrected chi connectivity index (χ0v) is 13.0. The Morgan fingerprint density at radius 3 is 1.18 bits per heavy atom. The normalized spacial score (nSPS) is 9.55. The highest BCUT2D eigenvalue weighted by Crippen LogP contribution is 2.08. The van der Waals surface area contributed by atoms with Gasteiger partial charge in [-0.2, -0.15) is 0 Å². The number of ketones is 1. The van der Waals surface area contributed by atoms with Crippen LogP contribution in [0, 0.1) is 13.8 Å². The Labute approximate surface area is 132 Å². The maximum absolute atomic E-state index is 11.8. The first-order valence-electron chi connectivity index (χ1n) is 7.35. The van der Waals surface area contributed by atoms with Gasteiger partial charge in [0.2, 0.25) is 0 Å². The van der Waals surface area contributed by atoms with E-state index in [4.69, 9.17) is 0 Å². The molecule has 0 unspecified atom stereocenters. The molecule has 0 heterocycles. The summed E-state index contributed by atoms with van der Waals surface area (Å²) in [5.74, 6) is 0.0752. The van der Waals surface area contributed by atoms with Crippen LogP contribution in [0.2, 0.25) is 0 Å². The average Bonchev–Trinajstić information content (AvgIpc) is 2.59. The molecule has 1 nitrogen and oxygen atoms in total. The van der Waals surface area contributed by atoms with Crippen molar-refractivity contribution >= 4 is 5.78 Å². The molecule has 0 atom stereocenters. The van der Waals surface area contributed by atoms with Crippen LogP contribution < -0.4 is 0 Å². The maximum atomic E-state index is 11.8. The molecule has 0 amide bonds. The van der Waals surface area contributed by atoms with E-state index in [-0.39, 0.29) is 5.78 Å². The molecule has 0 saturated carbocycles. The first-order chi connectivity index (χ1) is 10.7. The standard InChI is InChI=1S/C13H10O.C8H10/c14-13(11-7-3-1-4-8-11)12-9-5-2-6-10-12;1-7-5-3-4-6-8(7)2/h1-10H;3-6H,1-2H3. The van der Waals surface area contributed by atoms with Crippen LogP contribution in [0.25, 0.3) is 0 Å². The number of benzene rings is 3. The molecule has 0 aliphatic heterocycles. The minimum absolute atomic E-state index is 0.0752. The predicted molar refractivity (Wildman–Crippen MR) is 92.2 cm³/mol. The Bertz CT molecular complexity index is 653. The Kier molecular flexibility index (Phi) is 5.67. The van der Waals surface area contributed by atoms with Crippen LogP contribution in [-0.2, 0) is 0 Å². The Balaban J connectivity index is 0.000000188. The minimum atomic E-state index is 0.0752. The van der Waals surface area contributed by atoms with Gasteiger partial charge < -0.3 is 0 Å². The zero-order chi connectivity index (χ0) is 15.8. The van der Waals surface area contributed by atoms with Crippen molar-refractivity contribution in [3.8, 4) is 0 Å². The fourth-order valence-corrected chi connectivity index (χ4v) is 2.01. The summed E-state index contributed by atoms with van der Waals surface area (Å²) >= 11 is 0. The molecule has 22 heavy (non-hydrogen) atoms. The lowest BCUT2D eigenvalue weighted by atomic mass is 10.0. The van der Waals surface area contributed by atoms with Gasteiger partial charge in [0.05, 0.1) is 0 Å². The number of rotatable bonds is 2. The van der Waals surface area contributed by atoms with Gasteiger partial charge in [0, 0.05) is 11.1 Å². The molecule has 0 fully saturated rings. The third-order valence-electron chi connectivity index (χ3n) is 3.50.